The molecule has 1 unspecified atom stereocenters. The van der Waals surface area contributed by atoms with Crippen molar-refractivity contribution < 1.29 is 9.59 Å². The van der Waals surface area contributed by atoms with E-state index in [0.29, 0.717) is 6.54 Å². The highest BCUT2D eigenvalue weighted by molar-refractivity contribution is 5.89. The second kappa shape index (κ2) is 5.40. The fourth-order valence-electron chi connectivity index (χ4n) is 1.89. The largest absolute Gasteiger partial charge is 0.381 e. The van der Waals surface area contributed by atoms with E-state index in [-0.39, 0.29) is 18.5 Å². The summed E-state index contributed by atoms with van der Waals surface area (Å²) in [7, 11) is 0. The van der Waals surface area contributed by atoms with Crippen molar-refractivity contribution >= 4 is 23.2 Å². The molecule has 20 heavy (non-hydrogen) atoms. The standard InChI is InChI=1S/C14H20N4O2/c1-14(2,13(15)20)8-17-12(19)11-7-16-9-5-3-4-6-10(9)18-11/h3-6,11,16,18H,7-8H2,1-2H3,(H2,15,20)(H,17,19). The quantitative estimate of drug-likeness (QED) is 0.644. The second-order valence-electron chi connectivity index (χ2n) is 5.59. The van der Waals surface area contributed by atoms with Crippen LogP contribution in [0.25, 0.3) is 0 Å². The Labute approximate surface area is 118 Å². The average Bonchev–Trinajstić information content (AvgIpc) is 2.44. The summed E-state index contributed by atoms with van der Waals surface area (Å²) in [6, 6.07) is 7.34. The number of primary amides is 1. The number of benzene rings is 1. The fourth-order valence-corrected chi connectivity index (χ4v) is 1.89. The predicted molar refractivity (Wildman–Crippen MR) is 78.3 cm³/mol. The van der Waals surface area contributed by atoms with Crippen LogP contribution >= 0.6 is 0 Å². The van der Waals surface area contributed by atoms with Gasteiger partial charge in [0.25, 0.3) is 0 Å². The van der Waals surface area contributed by atoms with E-state index in [2.05, 4.69) is 16.0 Å². The van der Waals surface area contributed by atoms with Crippen molar-refractivity contribution in [3.8, 4) is 0 Å². The van der Waals surface area contributed by atoms with E-state index in [0.717, 1.165) is 11.4 Å². The van der Waals surface area contributed by atoms with E-state index in [1.54, 1.807) is 13.8 Å². The third-order valence-corrected chi connectivity index (χ3v) is 3.44. The first-order valence-electron chi connectivity index (χ1n) is 6.57. The number of anilines is 2. The summed E-state index contributed by atoms with van der Waals surface area (Å²) in [5.74, 6) is -0.584. The van der Waals surface area contributed by atoms with E-state index in [1.807, 2.05) is 24.3 Å². The SMILES string of the molecule is CC(C)(CNC(=O)C1CNc2ccccc2N1)C(N)=O. The zero-order chi connectivity index (χ0) is 14.8. The highest BCUT2D eigenvalue weighted by Crippen LogP contribution is 2.25. The lowest BCUT2D eigenvalue weighted by Gasteiger charge is -2.29. The zero-order valence-corrected chi connectivity index (χ0v) is 11.7. The lowest BCUT2D eigenvalue weighted by molar-refractivity contribution is -0.127. The minimum atomic E-state index is -0.754. The molecule has 0 aromatic heterocycles. The van der Waals surface area contributed by atoms with Crippen molar-refractivity contribution in [3.63, 3.8) is 0 Å². The number of fused-ring (bicyclic) bond motifs is 1. The van der Waals surface area contributed by atoms with Crippen LogP contribution in [0.5, 0.6) is 0 Å². The van der Waals surface area contributed by atoms with Gasteiger partial charge < -0.3 is 21.7 Å². The Kier molecular flexibility index (Phi) is 3.83. The van der Waals surface area contributed by atoms with Gasteiger partial charge in [-0.2, -0.15) is 0 Å². The first-order chi connectivity index (χ1) is 9.40. The first kappa shape index (κ1) is 14.2. The smallest absolute Gasteiger partial charge is 0.244 e. The molecule has 1 aromatic rings. The van der Waals surface area contributed by atoms with Gasteiger partial charge in [0.15, 0.2) is 0 Å². The average molecular weight is 276 g/mol. The summed E-state index contributed by atoms with van der Waals surface area (Å²) in [4.78, 5) is 23.3. The molecule has 0 fully saturated rings. The maximum Gasteiger partial charge on any atom is 0.244 e. The number of rotatable bonds is 4. The lowest BCUT2D eigenvalue weighted by atomic mass is 9.92. The maximum atomic E-state index is 12.1. The molecule has 6 nitrogen and oxygen atoms in total. The molecule has 0 radical (unpaired) electrons. The second-order valence-corrected chi connectivity index (χ2v) is 5.59. The van der Waals surface area contributed by atoms with Crippen LogP contribution < -0.4 is 21.7 Å². The fraction of sp³-hybridized carbons (Fsp3) is 0.429. The molecule has 2 amide bonds. The van der Waals surface area contributed by atoms with Gasteiger partial charge in [0.05, 0.1) is 16.8 Å². The molecule has 6 heteroatoms. The molecule has 1 atom stereocenters. The van der Waals surface area contributed by atoms with Gasteiger partial charge in [0.2, 0.25) is 11.8 Å². The lowest BCUT2D eigenvalue weighted by Crippen LogP contribution is -2.50. The number of para-hydroxylation sites is 2. The monoisotopic (exact) mass is 276 g/mol. The van der Waals surface area contributed by atoms with Crippen LogP contribution in [0.2, 0.25) is 0 Å². The van der Waals surface area contributed by atoms with Crippen LogP contribution in [0, 0.1) is 5.41 Å². The number of nitrogens with two attached hydrogens (primary N) is 1. The number of hydrogen-bond donors (Lipinski definition) is 4. The number of nitrogens with one attached hydrogen (secondary N) is 3. The third kappa shape index (κ3) is 3.01. The van der Waals surface area contributed by atoms with E-state index in [1.165, 1.54) is 0 Å². The Morgan fingerprint density at radius 2 is 2.00 bits per heavy atom. The molecule has 1 aliphatic heterocycles. The molecule has 0 saturated heterocycles. The summed E-state index contributed by atoms with van der Waals surface area (Å²) < 4.78 is 0. The van der Waals surface area contributed by atoms with Crippen LogP contribution in [-0.4, -0.2) is 30.9 Å². The van der Waals surface area contributed by atoms with Crippen LogP contribution in [-0.2, 0) is 9.59 Å². The molecule has 0 spiro atoms. The van der Waals surface area contributed by atoms with Crippen molar-refractivity contribution in [2.45, 2.75) is 19.9 Å². The highest BCUT2D eigenvalue weighted by Gasteiger charge is 2.28. The van der Waals surface area contributed by atoms with Gasteiger partial charge in [-0.25, -0.2) is 0 Å². The van der Waals surface area contributed by atoms with Crippen LogP contribution in [0.15, 0.2) is 24.3 Å². The topological polar surface area (TPSA) is 96.2 Å². The highest BCUT2D eigenvalue weighted by atomic mass is 16.2. The number of amides is 2. The molecule has 1 heterocycles. The van der Waals surface area contributed by atoms with Gasteiger partial charge >= 0.3 is 0 Å². The Bertz CT molecular complexity index is 528. The molecular weight excluding hydrogens is 256 g/mol. The van der Waals surface area contributed by atoms with Crippen LogP contribution in [0.1, 0.15) is 13.8 Å². The molecule has 0 aliphatic carbocycles. The van der Waals surface area contributed by atoms with Gasteiger partial charge in [0.1, 0.15) is 6.04 Å². The Hall–Kier alpha value is -2.24. The van der Waals surface area contributed by atoms with Gasteiger partial charge in [-0.3, -0.25) is 9.59 Å². The minimum Gasteiger partial charge on any atom is -0.381 e. The van der Waals surface area contributed by atoms with E-state index >= 15 is 0 Å². The van der Waals surface area contributed by atoms with E-state index in [9.17, 15) is 9.59 Å². The van der Waals surface area contributed by atoms with Crippen LogP contribution in [0.3, 0.4) is 0 Å². The van der Waals surface area contributed by atoms with E-state index < -0.39 is 11.3 Å². The Morgan fingerprint density at radius 3 is 2.65 bits per heavy atom. The van der Waals surface area contributed by atoms with Crippen molar-refractivity contribution in [3.05, 3.63) is 24.3 Å². The molecule has 1 aliphatic rings. The molecule has 0 bridgehead atoms. The molecular formula is C14H20N4O2. The maximum absolute atomic E-state index is 12.1. The zero-order valence-electron chi connectivity index (χ0n) is 11.7. The Morgan fingerprint density at radius 1 is 1.35 bits per heavy atom. The third-order valence-electron chi connectivity index (χ3n) is 3.44. The van der Waals surface area contributed by atoms with Gasteiger partial charge in [-0.1, -0.05) is 12.1 Å². The normalized spacial score (nSPS) is 17.4. The molecule has 2 rings (SSSR count). The van der Waals surface area contributed by atoms with Crippen molar-refractivity contribution in [1.82, 2.24) is 5.32 Å². The van der Waals surface area contributed by atoms with Gasteiger partial charge in [0, 0.05) is 13.1 Å². The molecule has 1 aromatic carbocycles. The summed E-state index contributed by atoms with van der Waals surface area (Å²) in [6.07, 6.45) is 0. The summed E-state index contributed by atoms with van der Waals surface area (Å²) in [5.41, 5.74) is 6.40. The summed E-state index contributed by atoms with van der Waals surface area (Å²) in [6.45, 7) is 4.13. The molecule has 108 valence electrons. The van der Waals surface area contributed by atoms with Crippen molar-refractivity contribution in [2.75, 3.05) is 23.7 Å². The summed E-state index contributed by atoms with van der Waals surface area (Å²) in [5, 5.41) is 9.13. The molecule has 0 saturated carbocycles. The van der Waals surface area contributed by atoms with Gasteiger partial charge in [-0.15, -0.1) is 0 Å². The first-order valence-corrected chi connectivity index (χ1v) is 6.57. The van der Waals surface area contributed by atoms with Crippen molar-refractivity contribution in [2.24, 2.45) is 11.1 Å². The van der Waals surface area contributed by atoms with E-state index in [4.69, 9.17) is 5.73 Å². The minimum absolute atomic E-state index is 0.152. The number of hydrogen-bond acceptors (Lipinski definition) is 4. The van der Waals surface area contributed by atoms with Gasteiger partial charge in [-0.05, 0) is 26.0 Å². The van der Waals surface area contributed by atoms with Crippen LogP contribution in [0.4, 0.5) is 11.4 Å². The summed E-state index contributed by atoms with van der Waals surface area (Å²) >= 11 is 0. The number of carbonyl (C=O) groups is 2. The number of carbonyl (C=O) groups excluding carboxylic acids is 2. The predicted octanol–water partition coefficient (Wildman–Crippen LogP) is 0.520. The molecule has 5 N–H and O–H groups in total. The Balaban J connectivity index is 1.94. The van der Waals surface area contributed by atoms with Crippen molar-refractivity contribution in [1.29, 1.82) is 0 Å².